The molecule has 0 aliphatic carbocycles. The fourth-order valence-electron chi connectivity index (χ4n) is 3.37. The molecule has 1 aliphatic heterocycles. The maximum atomic E-state index is 13.0. The predicted molar refractivity (Wildman–Crippen MR) is 95.3 cm³/mol. The molecule has 1 unspecified atom stereocenters. The second kappa shape index (κ2) is 6.92. The molecular weight excluding hydrogens is 353 g/mol. The molecule has 0 N–H and O–H groups in total. The predicted octanol–water partition coefficient (Wildman–Crippen LogP) is 4.95. The quantitative estimate of drug-likeness (QED) is 0.750. The average molecular weight is 370 g/mol. The summed E-state index contributed by atoms with van der Waals surface area (Å²) in [5, 5.41) is 8.91. The molecule has 2 aromatic carbocycles. The number of rotatable bonds is 2. The second-order valence-electron chi connectivity index (χ2n) is 6.60. The van der Waals surface area contributed by atoms with E-state index in [4.69, 9.17) is 5.26 Å². The number of nitriles is 1. The fraction of sp³-hybridized carbons (Fsp3) is 0.238. The Labute approximate surface area is 155 Å². The Morgan fingerprint density at radius 1 is 1.15 bits per heavy atom. The highest BCUT2D eigenvalue weighted by Gasteiger charge is 2.34. The number of hydrogen-bond acceptors (Lipinski definition) is 2. The minimum Gasteiger partial charge on any atom is -0.334 e. The van der Waals surface area contributed by atoms with Crippen LogP contribution in [0.25, 0.3) is 5.57 Å². The van der Waals surface area contributed by atoms with Crippen molar-refractivity contribution in [2.45, 2.75) is 25.6 Å². The molecule has 0 aromatic heterocycles. The van der Waals surface area contributed by atoms with E-state index in [1.807, 2.05) is 0 Å². The van der Waals surface area contributed by atoms with E-state index in [9.17, 15) is 18.0 Å². The summed E-state index contributed by atoms with van der Waals surface area (Å²) in [6, 6.07) is 13.7. The lowest BCUT2D eigenvalue weighted by Crippen LogP contribution is -2.36. The van der Waals surface area contributed by atoms with E-state index < -0.39 is 11.7 Å². The third-order valence-electron chi connectivity index (χ3n) is 4.83. The van der Waals surface area contributed by atoms with Gasteiger partial charge in [-0.05, 0) is 48.7 Å². The van der Waals surface area contributed by atoms with Crippen molar-refractivity contribution < 1.29 is 18.0 Å². The number of nitrogens with zero attached hydrogens (tertiary/aromatic N) is 2. The molecule has 6 heteroatoms. The van der Waals surface area contributed by atoms with Crippen LogP contribution in [0.5, 0.6) is 0 Å². The Hall–Kier alpha value is -3.07. The largest absolute Gasteiger partial charge is 0.416 e. The Kier molecular flexibility index (Phi) is 4.79. The summed E-state index contributed by atoms with van der Waals surface area (Å²) in [6.45, 7) is 1.77. The van der Waals surface area contributed by atoms with Crippen LogP contribution in [0.3, 0.4) is 0 Å². The minimum absolute atomic E-state index is 0.222. The van der Waals surface area contributed by atoms with Gasteiger partial charge >= 0.3 is 6.18 Å². The van der Waals surface area contributed by atoms with Crippen LogP contribution in [0.1, 0.15) is 41.6 Å². The van der Waals surface area contributed by atoms with Crippen LogP contribution >= 0.6 is 0 Å². The second-order valence-corrected chi connectivity index (χ2v) is 6.60. The van der Waals surface area contributed by atoms with Crippen LogP contribution in [0.4, 0.5) is 13.2 Å². The van der Waals surface area contributed by atoms with Crippen LogP contribution < -0.4 is 0 Å². The summed E-state index contributed by atoms with van der Waals surface area (Å²) >= 11 is 0. The first kappa shape index (κ1) is 18.7. The van der Waals surface area contributed by atoms with Gasteiger partial charge in [0.05, 0.1) is 23.2 Å². The molecule has 0 saturated carbocycles. The Morgan fingerprint density at radius 3 is 2.41 bits per heavy atom. The van der Waals surface area contributed by atoms with Crippen LogP contribution in [0.15, 0.2) is 54.1 Å². The molecule has 1 heterocycles. The van der Waals surface area contributed by atoms with E-state index in [-0.39, 0.29) is 17.5 Å². The number of benzene rings is 2. The lowest BCUT2D eigenvalue weighted by Gasteiger charge is -2.35. The molecule has 0 bridgehead atoms. The summed E-state index contributed by atoms with van der Waals surface area (Å²) in [5.74, 6) is -0.313. The number of hydrogen-bond donors (Lipinski definition) is 0. The highest BCUT2D eigenvalue weighted by molar-refractivity contribution is 6.21. The van der Waals surface area contributed by atoms with Gasteiger partial charge in [-0.2, -0.15) is 18.4 Å². The molecule has 1 amide bonds. The third kappa shape index (κ3) is 3.59. The monoisotopic (exact) mass is 370 g/mol. The zero-order chi connectivity index (χ0) is 19.8. The van der Waals surface area contributed by atoms with Gasteiger partial charge in [0.25, 0.3) is 5.91 Å². The zero-order valence-corrected chi connectivity index (χ0v) is 14.8. The topological polar surface area (TPSA) is 44.1 Å². The van der Waals surface area contributed by atoms with Crippen molar-refractivity contribution in [3.05, 3.63) is 76.4 Å². The number of carbonyl (C=O) groups is 1. The van der Waals surface area contributed by atoms with Gasteiger partial charge in [-0.25, -0.2) is 0 Å². The Bertz CT molecular complexity index is 953. The fourth-order valence-corrected chi connectivity index (χ4v) is 3.37. The molecule has 0 radical (unpaired) electrons. The van der Waals surface area contributed by atoms with Gasteiger partial charge in [0.15, 0.2) is 0 Å². The van der Waals surface area contributed by atoms with E-state index in [1.165, 1.54) is 12.1 Å². The van der Waals surface area contributed by atoms with Crippen molar-refractivity contribution in [3.8, 4) is 6.07 Å². The molecule has 0 spiro atoms. The lowest BCUT2D eigenvalue weighted by atomic mass is 9.87. The molecule has 0 fully saturated rings. The van der Waals surface area contributed by atoms with E-state index >= 15 is 0 Å². The highest BCUT2D eigenvalue weighted by atomic mass is 19.4. The number of alkyl halides is 3. The average Bonchev–Trinajstić information content (AvgIpc) is 2.64. The van der Waals surface area contributed by atoms with Gasteiger partial charge in [-0.3, -0.25) is 4.79 Å². The maximum Gasteiger partial charge on any atom is 0.416 e. The standard InChI is InChI=1S/C21H17F3N2O/c1-13-10-18(15-8-6-14(12-25)7-9-15)26(2)20(27)19(13)16-4-3-5-17(11-16)21(22,23)24/h3-9,11,18H,10H2,1-2H3. The number of carbonyl (C=O) groups excluding carboxylic acids is 1. The summed E-state index contributed by atoms with van der Waals surface area (Å²) in [7, 11) is 1.64. The van der Waals surface area contributed by atoms with Crippen molar-refractivity contribution in [3.63, 3.8) is 0 Å². The first-order valence-electron chi connectivity index (χ1n) is 8.37. The van der Waals surface area contributed by atoms with Crippen molar-refractivity contribution in [1.82, 2.24) is 4.90 Å². The van der Waals surface area contributed by atoms with E-state index in [0.717, 1.165) is 23.3 Å². The smallest absolute Gasteiger partial charge is 0.334 e. The molecule has 1 aliphatic rings. The van der Waals surface area contributed by atoms with Crippen molar-refractivity contribution >= 4 is 11.5 Å². The van der Waals surface area contributed by atoms with Crippen molar-refractivity contribution in [2.75, 3.05) is 7.05 Å². The zero-order valence-electron chi connectivity index (χ0n) is 14.8. The van der Waals surface area contributed by atoms with Gasteiger partial charge < -0.3 is 4.90 Å². The molecule has 0 saturated heterocycles. The first-order chi connectivity index (χ1) is 12.7. The molecule has 2 aromatic rings. The van der Waals surface area contributed by atoms with Crippen LogP contribution in [0.2, 0.25) is 0 Å². The van der Waals surface area contributed by atoms with Gasteiger partial charge in [0, 0.05) is 12.6 Å². The SMILES string of the molecule is CC1=C(c2cccc(C(F)(F)F)c2)C(=O)N(C)C(c2ccc(C#N)cc2)C1. The summed E-state index contributed by atoms with van der Waals surface area (Å²) in [5.41, 5.74) is 1.97. The summed E-state index contributed by atoms with van der Waals surface area (Å²) in [6.07, 6.45) is -3.95. The number of likely N-dealkylation sites (N-methyl/N-ethyl adjacent to an activating group) is 1. The van der Waals surface area contributed by atoms with Crippen LogP contribution in [0, 0.1) is 11.3 Å². The van der Waals surface area contributed by atoms with E-state index in [2.05, 4.69) is 6.07 Å². The van der Waals surface area contributed by atoms with Gasteiger partial charge in [0.2, 0.25) is 0 Å². The number of halogens is 3. The van der Waals surface area contributed by atoms with Crippen molar-refractivity contribution in [1.29, 1.82) is 5.26 Å². The van der Waals surface area contributed by atoms with Crippen LogP contribution in [-0.2, 0) is 11.0 Å². The summed E-state index contributed by atoms with van der Waals surface area (Å²) < 4.78 is 39.1. The van der Waals surface area contributed by atoms with E-state index in [0.29, 0.717) is 17.6 Å². The Balaban J connectivity index is 1.99. The van der Waals surface area contributed by atoms with Crippen molar-refractivity contribution in [2.24, 2.45) is 0 Å². The van der Waals surface area contributed by atoms with Gasteiger partial charge in [-0.15, -0.1) is 0 Å². The number of amides is 1. The highest BCUT2D eigenvalue weighted by Crippen LogP contribution is 2.39. The molecule has 1 atom stereocenters. The van der Waals surface area contributed by atoms with Gasteiger partial charge in [-0.1, -0.05) is 29.8 Å². The normalized spacial score (nSPS) is 17.9. The third-order valence-corrected chi connectivity index (χ3v) is 4.83. The minimum atomic E-state index is -4.46. The summed E-state index contributed by atoms with van der Waals surface area (Å²) in [4.78, 5) is 14.5. The molecule has 27 heavy (non-hydrogen) atoms. The first-order valence-corrected chi connectivity index (χ1v) is 8.37. The van der Waals surface area contributed by atoms with Crippen LogP contribution in [-0.4, -0.2) is 17.9 Å². The Morgan fingerprint density at radius 2 is 1.81 bits per heavy atom. The molecular formula is C21H17F3N2O. The molecule has 3 rings (SSSR count). The molecule has 3 nitrogen and oxygen atoms in total. The lowest BCUT2D eigenvalue weighted by molar-refractivity contribution is -0.137. The molecule has 138 valence electrons. The van der Waals surface area contributed by atoms with E-state index in [1.54, 1.807) is 43.1 Å². The van der Waals surface area contributed by atoms with Gasteiger partial charge in [0.1, 0.15) is 0 Å². The maximum absolute atomic E-state index is 13.0.